The van der Waals surface area contributed by atoms with E-state index in [-0.39, 0.29) is 0 Å². The van der Waals surface area contributed by atoms with E-state index in [0.29, 0.717) is 0 Å². The van der Waals surface area contributed by atoms with Crippen LogP contribution in [-0.2, 0) is 6.54 Å². The van der Waals surface area contributed by atoms with E-state index in [0.717, 1.165) is 12.5 Å². The van der Waals surface area contributed by atoms with Gasteiger partial charge in [-0.25, -0.2) is 4.98 Å². The van der Waals surface area contributed by atoms with Gasteiger partial charge in [-0.3, -0.25) is 0 Å². The van der Waals surface area contributed by atoms with Gasteiger partial charge in [0.05, 0.1) is 6.33 Å². The first-order chi connectivity index (χ1) is 5.95. The first kappa shape index (κ1) is 7.80. The Kier molecular flexibility index (Phi) is 2.42. The molecule has 3 heteroatoms. The van der Waals surface area contributed by atoms with Gasteiger partial charge < -0.3 is 10.3 Å². The molecule has 3 nitrogen and oxygen atoms in total. The van der Waals surface area contributed by atoms with Gasteiger partial charge in [0.25, 0.3) is 0 Å². The summed E-state index contributed by atoms with van der Waals surface area (Å²) in [6.45, 7) is 2.09. The van der Waals surface area contributed by atoms with E-state index >= 15 is 0 Å². The Balaban J connectivity index is 1.62. The summed E-state index contributed by atoms with van der Waals surface area (Å²) >= 11 is 0. The molecule has 0 aliphatic heterocycles. The minimum Gasteiger partial charge on any atom is -0.347 e. The van der Waals surface area contributed by atoms with Crippen LogP contribution in [0.5, 0.6) is 0 Å². The monoisotopic (exact) mass is 165 g/mol. The minimum atomic E-state index is 0.927. The molecule has 1 heterocycles. The van der Waals surface area contributed by atoms with Crippen molar-refractivity contribution >= 4 is 0 Å². The molecule has 1 aliphatic carbocycles. The lowest BCUT2D eigenvalue weighted by atomic mass is 9.85. The van der Waals surface area contributed by atoms with Gasteiger partial charge in [-0.1, -0.05) is 6.42 Å². The van der Waals surface area contributed by atoms with Crippen molar-refractivity contribution in [2.75, 3.05) is 6.54 Å². The van der Waals surface area contributed by atoms with Gasteiger partial charge in [0.15, 0.2) is 0 Å². The molecule has 0 amide bonds. The molecular formula is C9H15N3. The van der Waals surface area contributed by atoms with Crippen molar-refractivity contribution in [3.63, 3.8) is 0 Å². The second-order valence-electron chi connectivity index (χ2n) is 3.50. The predicted molar refractivity (Wildman–Crippen MR) is 47.6 cm³/mol. The number of nitrogens with one attached hydrogen (secondary N) is 2. The number of hydrogen-bond donors (Lipinski definition) is 2. The maximum absolute atomic E-state index is 3.96. The average molecular weight is 165 g/mol. The lowest BCUT2D eigenvalue weighted by Crippen LogP contribution is -2.26. The molecule has 1 aliphatic rings. The van der Waals surface area contributed by atoms with E-state index in [1.165, 1.54) is 31.5 Å². The summed E-state index contributed by atoms with van der Waals surface area (Å²) in [5.74, 6) is 0.938. The normalized spacial score (nSPS) is 17.7. The van der Waals surface area contributed by atoms with E-state index in [4.69, 9.17) is 0 Å². The Hall–Kier alpha value is -0.830. The highest BCUT2D eigenvalue weighted by Crippen LogP contribution is 2.25. The maximum atomic E-state index is 3.96. The SMILES string of the molecule is c1ncc(CNCC2CCC2)[nH]1. The topological polar surface area (TPSA) is 40.7 Å². The molecule has 1 fully saturated rings. The number of H-pyrrole nitrogens is 1. The molecule has 12 heavy (non-hydrogen) atoms. The molecule has 0 bridgehead atoms. The van der Waals surface area contributed by atoms with Gasteiger partial charge in [-0.15, -0.1) is 0 Å². The second-order valence-corrected chi connectivity index (χ2v) is 3.50. The zero-order valence-electron chi connectivity index (χ0n) is 7.21. The van der Waals surface area contributed by atoms with Gasteiger partial charge in [-0.2, -0.15) is 0 Å². The van der Waals surface area contributed by atoms with Crippen molar-refractivity contribution in [1.82, 2.24) is 15.3 Å². The second kappa shape index (κ2) is 3.72. The van der Waals surface area contributed by atoms with Gasteiger partial charge in [0, 0.05) is 18.4 Å². The molecule has 2 N–H and O–H groups in total. The van der Waals surface area contributed by atoms with Crippen LogP contribution >= 0.6 is 0 Å². The van der Waals surface area contributed by atoms with Crippen molar-refractivity contribution in [2.45, 2.75) is 25.8 Å². The third-order valence-electron chi connectivity index (χ3n) is 2.53. The molecule has 2 rings (SSSR count). The van der Waals surface area contributed by atoms with Crippen molar-refractivity contribution in [3.05, 3.63) is 18.2 Å². The molecule has 1 aromatic heterocycles. The van der Waals surface area contributed by atoms with Crippen LogP contribution in [0, 0.1) is 5.92 Å². The van der Waals surface area contributed by atoms with Crippen molar-refractivity contribution in [2.24, 2.45) is 5.92 Å². The van der Waals surface area contributed by atoms with Crippen LogP contribution in [0.4, 0.5) is 0 Å². The fourth-order valence-electron chi connectivity index (χ4n) is 1.49. The molecule has 1 aromatic rings. The molecule has 0 spiro atoms. The molecule has 66 valence electrons. The zero-order chi connectivity index (χ0) is 8.23. The lowest BCUT2D eigenvalue weighted by Gasteiger charge is -2.25. The Bertz CT molecular complexity index is 214. The Morgan fingerprint density at radius 3 is 3.08 bits per heavy atom. The van der Waals surface area contributed by atoms with Crippen LogP contribution in [0.2, 0.25) is 0 Å². The summed E-state index contributed by atoms with van der Waals surface area (Å²) in [5.41, 5.74) is 1.18. The van der Waals surface area contributed by atoms with Gasteiger partial charge in [0.2, 0.25) is 0 Å². The van der Waals surface area contributed by atoms with E-state index in [2.05, 4.69) is 15.3 Å². The summed E-state index contributed by atoms with van der Waals surface area (Å²) in [5, 5.41) is 3.42. The smallest absolute Gasteiger partial charge is 0.0922 e. The number of aromatic nitrogens is 2. The number of imidazole rings is 1. The van der Waals surface area contributed by atoms with Crippen LogP contribution in [-0.4, -0.2) is 16.5 Å². The number of hydrogen-bond acceptors (Lipinski definition) is 2. The van der Waals surface area contributed by atoms with E-state index in [9.17, 15) is 0 Å². The zero-order valence-corrected chi connectivity index (χ0v) is 7.21. The van der Waals surface area contributed by atoms with Crippen molar-refractivity contribution < 1.29 is 0 Å². The standard InChI is InChI=1S/C9H15N3/c1-2-8(3-1)4-10-5-9-6-11-7-12-9/h6-8,10H,1-5H2,(H,11,12). The summed E-state index contributed by atoms with van der Waals surface area (Å²) in [6, 6.07) is 0. The number of aromatic amines is 1. The van der Waals surface area contributed by atoms with Crippen molar-refractivity contribution in [3.8, 4) is 0 Å². The highest BCUT2D eigenvalue weighted by molar-refractivity contribution is 4.93. The fraction of sp³-hybridized carbons (Fsp3) is 0.667. The molecule has 1 saturated carbocycles. The maximum Gasteiger partial charge on any atom is 0.0922 e. The third-order valence-corrected chi connectivity index (χ3v) is 2.53. The minimum absolute atomic E-state index is 0.927. The van der Waals surface area contributed by atoms with E-state index < -0.39 is 0 Å². The average Bonchev–Trinajstić information content (AvgIpc) is 2.46. The van der Waals surface area contributed by atoms with Crippen LogP contribution < -0.4 is 5.32 Å². The van der Waals surface area contributed by atoms with Crippen LogP contribution in [0.25, 0.3) is 0 Å². The third kappa shape index (κ3) is 1.85. The van der Waals surface area contributed by atoms with Gasteiger partial charge >= 0.3 is 0 Å². The largest absolute Gasteiger partial charge is 0.347 e. The summed E-state index contributed by atoms with van der Waals surface area (Å²) in [6.07, 6.45) is 7.84. The fourth-order valence-corrected chi connectivity index (χ4v) is 1.49. The highest BCUT2D eigenvalue weighted by Gasteiger charge is 2.16. The van der Waals surface area contributed by atoms with Crippen LogP contribution in [0.1, 0.15) is 25.0 Å². The highest BCUT2D eigenvalue weighted by atomic mass is 14.9. The Labute approximate surface area is 72.6 Å². The Morgan fingerprint density at radius 2 is 2.50 bits per heavy atom. The summed E-state index contributed by atoms with van der Waals surface area (Å²) in [7, 11) is 0. The molecule has 0 unspecified atom stereocenters. The number of nitrogens with zero attached hydrogens (tertiary/aromatic N) is 1. The number of rotatable bonds is 4. The Morgan fingerprint density at radius 1 is 1.58 bits per heavy atom. The summed E-state index contributed by atoms with van der Waals surface area (Å²) in [4.78, 5) is 7.03. The van der Waals surface area contributed by atoms with Gasteiger partial charge in [0.1, 0.15) is 0 Å². The van der Waals surface area contributed by atoms with Crippen LogP contribution in [0.3, 0.4) is 0 Å². The van der Waals surface area contributed by atoms with E-state index in [1.54, 1.807) is 6.33 Å². The molecular weight excluding hydrogens is 150 g/mol. The van der Waals surface area contributed by atoms with Crippen molar-refractivity contribution in [1.29, 1.82) is 0 Å². The molecule has 0 atom stereocenters. The molecule has 0 radical (unpaired) electrons. The van der Waals surface area contributed by atoms with E-state index in [1.807, 2.05) is 6.20 Å². The lowest BCUT2D eigenvalue weighted by molar-refractivity contribution is 0.301. The quantitative estimate of drug-likeness (QED) is 0.706. The summed E-state index contributed by atoms with van der Waals surface area (Å²) < 4.78 is 0. The molecule has 0 saturated heterocycles. The first-order valence-corrected chi connectivity index (χ1v) is 4.63. The van der Waals surface area contributed by atoms with Crippen LogP contribution in [0.15, 0.2) is 12.5 Å². The first-order valence-electron chi connectivity index (χ1n) is 4.63. The van der Waals surface area contributed by atoms with Gasteiger partial charge in [-0.05, 0) is 25.3 Å². The molecule has 0 aromatic carbocycles. The predicted octanol–water partition coefficient (Wildman–Crippen LogP) is 1.30.